The minimum Gasteiger partial charge on any atom is -0.494 e. The van der Waals surface area contributed by atoms with Gasteiger partial charge in [-0.3, -0.25) is 4.68 Å². The molecule has 2 heterocycles. The number of aromatic nitrogens is 3. The van der Waals surface area contributed by atoms with Crippen LogP contribution in [0.3, 0.4) is 0 Å². The molecule has 0 saturated heterocycles. The standard InChI is InChI=1S/C26H28ClN3O3/c1-5-32-26(31)25-20(10-7-13-33-18-14-16(2)23(27)17(3)15-18)19-8-6-9-21(24(19)29-25)22-11-12-28-30(22)4/h6,8-9,11-12,14-15,29H,5,7,10,13H2,1-4H3. The van der Waals surface area contributed by atoms with Crippen LogP contribution in [-0.2, 0) is 18.2 Å². The molecule has 0 aliphatic heterocycles. The van der Waals surface area contributed by atoms with Crippen molar-refractivity contribution in [1.82, 2.24) is 14.8 Å². The van der Waals surface area contributed by atoms with Crippen LogP contribution in [0.15, 0.2) is 42.6 Å². The van der Waals surface area contributed by atoms with Gasteiger partial charge in [0.1, 0.15) is 11.4 Å². The van der Waals surface area contributed by atoms with E-state index in [1.165, 1.54) is 0 Å². The molecular formula is C26H28ClN3O3. The third kappa shape index (κ3) is 4.62. The zero-order valence-electron chi connectivity index (χ0n) is 19.4. The molecule has 2 aromatic carbocycles. The van der Waals surface area contributed by atoms with Crippen LogP contribution in [0.2, 0.25) is 5.02 Å². The Morgan fingerprint density at radius 2 is 1.94 bits per heavy atom. The lowest BCUT2D eigenvalue weighted by atomic mass is 10.0. The molecule has 0 spiro atoms. The molecule has 2 aromatic heterocycles. The number of nitrogens with one attached hydrogen (secondary N) is 1. The third-order valence-corrected chi connectivity index (χ3v) is 6.36. The Kier molecular flexibility index (Phi) is 6.75. The van der Waals surface area contributed by atoms with Gasteiger partial charge in [0.15, 0.2) is 0 Å². The van der Waals surface area contributed by atoms with E-state index in [1.54, 1.807) is 6.20 Å². The van der Waals surface area contributed by atoms with Crippen LogP contribution < -0.4 is 4.74 Å². The first-order valence-electron chi connectivity index (χ1n) is 11.1. The van der Waals surface area contributed by atoms with Crippen molar-refractivity contribution in [3.05, 3.63) is 70.0 Å². The molecule has 0 atom stereocenters. The summed E-state index contributed by atoms with van der Waals surface area (Å²) in [4.78, 5) is 16.1. The summed E-state index contributed by atoms with van der Waals surface area (Å²) in [5, 5.41) is 6.06. The summed E-state index contributed by atoms with van der Waals surface area (Å²) < 4.78 is 13.1. The largest absolute Gasteiger partial charge is 0.494 e. The van der Waals surface area contributed by atoms with E-state index in [-0.39, 0.29) is 5.97 Å². The van der Waals surface area contributed by atoms with Crippen molar-refractivity contribution in [2.75, 3.05) is 13.2 Å². The number of ether oxygens (including phenoxy) is 2. The number of rotatable bonds is 8. The molecule has 4 aromatic rings. The highest BCUT2D eigenvalue weighted by Crippen LogP contribution is 2.33. The smallest absolute Gasteiger partial charge is 0.355 e. The van der Waals surface area contributed by atoms with Crippen molar-refractivity contribution in [3.8, 4) is 17.0 Å². The number of halogens is 1. The Balaban J connectivity index is 1.61. The van der Waals surface area contributed by atoms with Crippen molar-refractivity contribution < 1.29 is 14.3 Å². The number of hydrogen-bond donors (Lipinski definition) is 1. The first-order chi connectivity index (χ1) is 15.9. The molecule has 7 heteroatoms. The molecule has 0 radical (unpaired) electrons. The van der Waals surface area contributed by atoms with Gasteiger partial charge in [0.05, 0.1) is 24.4 Å². The fraction of sp³-hybridized carbons (Fsp3) is 0.308. The number of H-pyrrole nitrogens is 1. The quantitative estimate of drug-likeness (QED) is 0.255. The molecule has 0 amide bonds. The molecule has 1 N–H and O–H groups in total. The minimum atomic E-state index is -0.343. The second kappa shape index (κ2) is 9.71. The SMILES string of the molecule is CCOC(=O)c1[nH]c2c(-c3ccnn3C)cccc2c1CCCOc1cc(C)c(Cl)c(C)c1. The molecule has 4 rings (SSSR count). The van der Waals surface area contributed by atoms with Gasteiger partial charge in [0.25, 0.3) is 0 Å². The highest BCUT2D eigenvalue weighted by Gasteiger charge is 2.21. The van der Waals surface area contributed by atoms with E-state index < -0.39 is 0 Å². The normalized spacial score (nSPS) is 11.2. The topological polar surface area (TPSA) is 69.1 Å². The average molecular weight is 466 g/mol. The van der Waals surface area contributed by atoms with Crippen molar-refractivity contribution in [1.29, 1.82) is 0 Å². The van der Waals surface area contributed by atoms with Crippen LogP contribution in [0, 0.1) is 13.8 Å². The zero-order chi connectivity index (χ0) is 23.5. The molecule has 33 heavy (non-hydrogen) atoms. The number of hydrogen-bond acceptors (Lipinski definition) is 4. The van der Waals surface area contributed by atoms with Crippen LogP contribution in [0.4, 0.5) is 0 Å². The van der Waals surface area contributed by atoms with E-state index in [2.05, 4.69) is 10.1 Å². The predicted molar refractivity (Wildman–Crippen MR) is 131 cm³/mol. The van der Waals surface area contributed by atoms with Gasteiger partial charge in [0.2, 0.25) is 0 Å². The summed E-state index contributed by atoms with van der Waals surface area (Å²) in [5.74, 6) is 0.460. The monoisotopic (exact) mass is 465 g/mol. The molecule has 0 fully saturated rings. The molecule has 0 unspecified atom stereocenters. The summed E-state index contributed by atoms with van der Waals surface area (Å²) in [5.41, 5.74) is 6.31. The second-order valence-electron chi connectivity index (χ2n) is 8.09. The maximum atomic E-state index is 12.7. The zero-order valence-corrected chi connectivity index (χ0v) is 20.1. The van der Waals surface area contributed by atoms with Gasteiger partial charge in [-0.25, -0.2) is 4.79 Å². The molecule has 0 saturated carbocycles. The van der Waals surface area contributed by atoms with E-state index in [9.17, 15) is 4.79 Å². The molecule has 0 bridgehead atoms. The number of carbonyl (C=O) groups excluding carboxylic acids is 1. The van der Waals surface area contributed by atoms with Crippen molar-refractivity contribution in [3.63, 3.8) is 0 Å². The predicted octanol–water partition coefficient (Wildman–Crippen LogP) is 6.03. The van der Waals surface area contributed by atoms with Gasteiger partial charge in [-0.1, -0.05) is 29.8 Å². The van der Waals surface area contributed by atoms with E-state index in [1.807, 2.05) is 68.9 Å². The Hall–Kier alpha value is -3.25. The molecule has 172 valence electrons. The highest BCUT2D eigenvalue weighted by atomic mass is 35.5. The molecule has 6 nitrogen and oxygen atoms in total. The Morgan fingerprint density at radius 3 is 2.61 bits per heavy atom. The van der Waals surface area contributed by atoms with E-state index in [4.69, 9.17) is 21.1 Å². The van der Waals surface area contributed by atoms with Gasteiger partial charge < -0.3 is 14.5 Å². The summed E-state index contributed by atoms with van der Waals surface area (Å²) >= 11 is 6.26. The van der Waals surface area contributed by atoms with Gasteiger partial charge in [-0.15, -0.1) is 0 Å². The van der Waals surface area contributed by atoms with Crippen LogP contribution >= 0.6 is 11.6 Å². The number of nitrogens with zero attached hydrogens (tertiary/aromatic N) is 2. The number of carbonyl (C=O) groups is 1. The molecule has 0 aliphatic carbocycles. The number of benzene rings is 2. The maximum absolute atomic E-state index is 12.7. The van der Waals surface area contributed by atoms with Crippen molar-refractivity contribution in [2.45, 2.75) is 33.6 Å². The number of aryl methyl sites for hydroxylation is 4. The lowest BCUT2D eigenvalue weighted by Crippen LogP contribution is -2.09. The second-order valence-corrected chi connectivity index (χ2v) is 8.47. The maximum Gasteiger partial charge on any atom is 0.355 e. The number of esters is 1. The number of para-hydroxylation sites is 1. The Labute approximate surface area is 198 Å². The lowest BCUT2D eigenvalue weighted by molar-refractivity contribution is 0.0519. The van der Waals surface area contributed by atoms with Gasteiger partial charge in [0, 0.05) is 29.2 Å². The van der Waals surface area contributed by atoms with Crippen molar-refractivity contribution in [2.24, 2.45) is 7.05 Å². The van der Waals surface area contributed by atoms with Crippen LogP contribution in [0.5, 0.6) is 5.75 Å². The summed E-state index contributed by atoms with van der Waals surface area (Å²) in [7, 11) is 1.90. The number of aromatic amines is 1. The third-order valence-electron chi connectivity index (χ3n) is 5.77. The summed E-state index contributed by atoms with van der Waals surface area (Å²) in [6, 6.07) is 11.9. The first-order valence-corrected chi connectivity index (χ1v) is 11.5. The highest BCUT2D eigenvalue weighted by molar-refractivity contribution is 6.32. The van der Waals surface area contributed by atoms with Gasteiger partial charge in [-0.2, -0.15) is 5.10 Å². The Bertz CT molecular complexity index is 1280. The summed E-state index contributed by atoms with van der Waals surface area (Å²) in [6.07, 6.45) is 3.19. The van der Waals surface area contributed by atoms with E-state index in [0.717, 1.165) is 56.0 Å². The Morgan fingerprint density at radius 1 is 1.18 bits per heavy atom. The lowest BCUT2D eigenvalue weighted by Gasteiger charge is -2.10. The van der Waals surface area contributed by atoms with Gasteiger partial charge >= 0.3 is 5.97 Å². The van der Waals surface area contributed by atoms with Crippen LogP contribution in [0.25, 0.3) is 22.2 Å². The fourth-order valence-corrected chi connectivity index (χ4v) is 4.30. The fourth-order valence-electron chi connectivity index (χ4n) is 4.19. The van der Waals surface area contributed by atoms with E-state index >= 15 is 0 Å². The average Bonchev–Trinajstić information content (AvgIpc) is 3.38. The number of fused-ring (bicyclic) bond motifs is 1. The van der Waals surface area contributed by atoms with Crippen LogP contribution in [-0.4, -0.2) is 33.9 Å². The first kappa shape index (κ1) is 22.9. The van der Waals surface area contributed by atoms with E-state index in [0.29, 0.717) is 25.3 Å². The minimum absolute atomic E-state index is 0.320. The van der Waals surface area contributed by atoms with Gasteiger partial charge in [-0.05, 0) is 68.5 Å². The molecular weight excluding hydrogens is 438 g/mol. The summed E-state index contributed by atoms with van der Waals surface area (Å²) in [6.45, 7) is 6.60. The van der Waals surface area contributed by atoms with Crippen molar-refractivity contribution >= 4 is 28.5 Å². The van der Waals surface area contributed by atoms with Crippen LogP contribution in [0.1, 0.15) is 40.5 Å². The molecule has 0 aliphatic rings.